The summed E-state index contributed by atoms with van der Waals surface area (Å²) in [5, 5.41) is 29.5. The van der Waals surface area contributed by atoms with Crippen LogP contribution in [0.25, 0.3) is 0 Å². The molecule has 0 aliphatic rings. The van der Waals surface area contributed by atoms with Gasteiger partial charge >= 0.3 is 5.69 Å². The molecule has 0 fully saturated rings. The average molecular weight is 228 g/mol. The number of benzene rings is 1. The molecule has 0 bridgehead atoms. The second kappa shape index (κ2) is 5.00. The molecule has 0 unspecified atom stereocenters. The third-order valence-corrected chi connectivity index (χ3v) is 1.69. The number of hydrogen-bond donors (Lipinski definition) is 3. The summed E-state index contributed by atoms with van der Waals surface area (Å²) in [5.74, 6) is 0. The minimum Gasteiger partial charge on any atom is -0.380 e. The molecule has 0 radical (unpaired) electrons. The van der Waals surface area contributed by atoms with E-state index in [0.29, 0.717) is 0 Å². The Kier molecular flexibility index (Phi) is 3.69. The number of nitro benzene ring substituents is 2. The molecule has 0 aliphatic heterocycles. The smallest absolute Gasteiger partial charge is 0.300 e. The second-order valence-electron chi connectivity index (χ2n) is 2.68. The number of nitrogens with zero attached hydrogens (tertiary/aromatic N) is 2. The summed E-state index contributed by atoms with van der Waals surface area (Å²) in [7, 11) is 0. The molecule has 0 spiro atoms. The number of hydrogen-bond acceptors (Lipinski definition) is 7. The van der Waals surface area contributed by atoms with Crippen molar-refractivity contribution in [3.8, 4) is 0 Å². The van der Waals surface area contributed by atoms with E-state index in [1.165, 1.54) is 6.07 Å². The van der Waals surface area contributed by atoms with E-state index in [9.17, 15) is 20.2 Å². The van der Waals surface area contributed by atoms with Crippen molar-refractivity contribution in [3.63, 3.8) is 0 Å². The van der Waals surface area contributed by atoms with Gasteiger partial charge in [0.2, 0.25) is 0 Å². The van der Waals surface area contributed by atoms with E-state index in [1.807, 2.05) is 0 Å². The summed E-state index contributed by atoms with van der Waals surface area (Å²) < 4.78 is 0. The Labute approximate surface area is 89.0 Å². The van der Waals surface area contributed by atoms with E-state index < -0.39 is 22.3 Å². The van der Waals surface area contributed by atoms with E-state index in [2.05, 4.69) is 10.9 Å². The van der Waals surface area contributed by atoms with E-state index in [4.69, 9.17) is 5.11 Å². The minimum absolute atomic E-state index is 0.0321. The molecule has 1 rings (SSSR count). The van der Waals surface area contributed by atoms with Crippen LogP contribution in [0.2, 0.25) is 0 Å². The predicted molar refractivity (Wildman–Crippen MR) is 53.6 cm³/mol. The largest absolute Gasteiger partial charge is 0.380 e. The Balaban J connectivity index is 3.09. The molecule has 0 aromatic heterocycles. The first-order valence-corrected chi connectivity index (χ1v) is 4.09. The molecule has 9 heteroatoms. The molecule has 1 aromatic carbocycles. The van der Waals surface area contributed by atoms with Crippen molar-refractivity contribution in [1.82, 2.24) is 5.43 Å². The molecule has 1 aromatic rings. The molecule has 16 heavy (non-hydrogen) atoms. The number of non-ortho nitro benzene ring substituents is 1. The third kappa shape index (κ3) is 2.62. The van der Waals surface area contributed by atoms with Gasteiger partial charge in [-0.1, -0.05) is 0 Å². The Morgan fingerprint density at radius 2 is 1.94 bits per heavy atom. The van der Waals surface area contributed by atoms with Crippen molar-refractivity contribution < 1.29 is 15.0 Å². The van der Waals surface area contributed by atoms with Gasteiger partial charge in [0.15, 0.2) is 0 Å². The average Bonchev–Trinajstić information content (AvgIpc) is 2.25. The Morgan fingerprint density at radius 3 is 2.44 bits per heavy atom. The summed E-state index contributed by atoms with van der Waals surface area (Å²) in [6, 6.07) is 3.13. The number of hydrazine groups is 1. The summed E-state index contributed by atoms with van der Waals surface area (Å²) in [4.78, 5) is 19.5. The normalized spacial score (nSPS) is 9.81. The lowest BCUT2D eigenvalue weighted by molar-refractivity contribution is -0.393. The van der Waals surface area contributed by atoms with Crippen LogP contribution in [0, 0.1) is 20.2 Å². The minimum atomic E-state index is -0.756. The van der Waals surface area contributed by atoms with Crippen LogP contribution in [-0.2, 0) is 0 Å². The predicted octanol–water partition coefficient (Wildman–Crippen LogP) is 0.369. The highest BCUT2D eigenvalue weighted by molar-refractivity contribution is 5.64. The molecule has 9 nitrogen and oxygen atoms in total. The van der Waals surface area contributed by atoms with Crippen molar-refractivity contribution in [1.29, 1.82) is 0 Å². The molecule has 86 valence electrons. The lowest BCUT2D eigenvalue weighted by atomic mass is 10.2. The topological polar surface area (TPSA) is 131 Å². The van der Waals surface area contributed by atoms with E-state index in [1.54, 1.807) is 0 Å². The van der Waals surface area contributed by atoms with Crippen LogP contribution in [0.1, 0.15) is 0 Å². The molecule has 0 atom stereocenters. The fourth-order valence-corrected chi connectivity index (χ4v) is 1.03. The van der Waals surface area contributed by atoms with Gasteiger partial charge in [-0.05, 0) is 6.07 Å². The van der Waals surface area contributed by atoms with Gasteiger partial charge in [-0.3, -0.25) is 20.2 Å². The van der Waals surface area contributed by atoms with Crippen LogP contribution in [0.5, 0.6) is 0 Å². The molecule has 0 aliphatic carbocycles. The maximum absolute atomic E-state index is 10.6. The van der Waals surface area contributed by atoms with Gasteiger partial charge < -0.3 is 10.5 Å². The van der Waals surface area contributed by atoms with Crippen LogP contribution >= 0.6 is 0 Å². The third-order valence-electron chi connectivity index (χ3n) is 1.69. The maximum Gasteiger partial charge on any atom is 0.300 e. The number of nitro groups is 2. The lowest BCUT2D eigenvalue weighted by Crippen LogP contribution is -2.22. The van der Waals surface area contributed by atoms with Crippen molar-refractivity contribution in [2.75, 3.05) is 12.2 Å². The monoisotopic (exact) mass is 228 g/mol. The number of nitrogens with one attached hydrogen (secondary N) is 2. The second-order valence-corrected chi connectivity index (χ2v) is 2.68. The van der Waals surface area contributed by atoms with Gasteiger partial charge in [-0.25, -0.2) is 5.43 Å². The first-order chi connectivity index (χ1) is 7.56. The van der Waals surface area contributed by atoms with Crippen LogP contribution < -0.4 is 10.9 Å². The zero-order valence-corrected chi connectivity index (χ0v) is 7.91. The number of aliphatic hydroxyl groups excluding tert-OH is 1. The highest BCUT2D eigenvalue weighted by atomic mass is 16.6. The molecule has 0 heterocycles. The van der Waals surface area contributed by atoms with Crippen molar-refractivity contribution >= 4 is 17.1 Å². The lowest BCUT2D eigenvalue weighted by Gasteiger charge is -2.05. The van der Waals surface area contributed by atoms with Crippen molar-refractivity contribution in [2.24, 2.45) is 0 Å². The zero-order valence-electron chi connectivity index (χ0n) is 7.91. The molecule has 3 N–H and O–H groups in total. The van der Waals surface area contributed by atoms with Gasteiger partial charge in [0.25, 0.3) is 5.69 Å². The Morgan fingerprint density at radius 1 is 1.25 bits per heavy atom. The van der Waals surface area contributed by atoms with E-state index >= 15 is 0 Å². The number of anilines is 1. The highest BCUT2D eigenvalue weighted by Gasteiger charge is 2.18. The summed E-state index contributed by atoms with van der Waals surface area (Å²) >= 11 is 0. The number of aliphatic hydroxyl groups is 1. The van der Waals surface area contributed by atoms with Gasteiger partial charge in [-0.15, -0.1) is 0 Å². The van der Waals surface area contributed by atoms with Gasteiger partial charge in [-0.2, -0.15) is 0 Å². The van der Waals surface area contributed by atoms with Crippen LogP contribution in [0.4, 0.5) is 17.1 Å². The van der Waals surface area contributed by atoms with E-state index in [0.717, 1.165) is 12.1 Å². The SMILES string of the molecule is O=[N+]([O-])c1ccc(NNCO)c([N+](=O)[O-])c1. The molecule has 0 amide bonds. The first-order valence-electron chi connectivity index (χ1n) is 4.09. The fourth-order valence-electron chi connectivity index (χ4n) is 1.03. The molecule has 0 saturated heterocycles. The summed E-state index contributed by atoms with van der Waals surface area (Å²) in [6.07, 6.45) is 0. The van der Waals surface area contributed by atoms with Crippen LogP contribution in [0.3, 0.4) is 0 Å². The summed E-state index contributed by atoms with van der Waals surface area (Å²) in [5.41, 5.74) is 3.80. The van der Waals surface area contributed by atoms with Crippen LogP contribution in [-0.4, -0.2) is 21.7 Å². The quantitative estimate of drug-likeness (QED) is 0.377. The van der Waals surface area contributed by atoms with Gasteiger partial charge in [0.1, 0.15) is 12.4 Å². The van der Waals surface area contributed by atoms with Crippen LogP contribution in [0.15, 0.2) is 18.2 Å². The fraction of sp³-hybridized carbons (Fsp3) is 0.143. The zero-order chi connectivity index (χ0) is 12.1. The van der Waals surface area contributed by atoms with Gasteiger partial charge in [0.05, 0.1) is 15.9 Å². The van der Waals surface area contributed by atoms with Gasteiger partial charge in [0, 0.05) is 6.07 Å². The van der Waals surface area contributed by atoms with Crippen molar-refractivity contribution in [2.45, 2.75) is 0 Å². The van der Waals surface area contributed by atoms with Crippen molar-refractivity contribution in [3.05, 3.63) is 38.4 Å². The molecular formula is C7H8N4O5. The molecule has 0 saturated carbocycles. The first kappa shape index (κ1) is 11.8. The summed E-state index contributed by atoms with van der Waals surface area (Å²) in [6.45, 7) is -0.436. The highest BCUT2D eigenvalue weighted by Crippen LogP contribution is 2.28. The number of rotatable bonds is 5. The Hall–Kier alpha value is -2.26. The molecular weight excluding hydrogens is 220 g/mol. The Bertz CT molecular complexity index is 421. The maximum atomic E-state index is 10.6. The van der Waals surface area contributed by atoms with E-state index in [-0.39, 0.29) is 11.4 Å². The standard InChI is InChI=1S/C7H8N4O5/c12-4-8-9-6-2-1-5(10(13)14)3-7(6)11(15)16/h1-3,8-9,12H,4H2.